The maximum Gasteiger partial charge on any atom is 0.253 e. The largest absolute Gasteiger partial charge is 0.349 e. The first-order chi connectivity index (χ1) is 13.5. The third-order valence-electron chi connectivity index (χ3n) is 4.93. The quantitative estimate of drug-likeness (QED) is 0.709. The number of nitrogens with zero attached hydrogens (tertiary/aromatic N) is 1. The number of carbonyl (C=O) groups is 1. The van der Waals surface area contributed by atoms with Crippen LogP contribution >= 0.6 is 11.6 Å². The fraction of sp³-hybridized carbons (Fsp3) is 0.182. The lowest BCUT2D eigenvalue weighted by Gasteiger charge is -2.10. The highest BCUT2D eigenvalue weighted by Gasteiger charge is 2.39. The molecule has 0 saturated heterocycles. The molecule has 6 heteroatoms. The van der Waals surface area contributed by atoms with Gasteiger partial charge in [0.05, 0.1) is 12.1 Å². The van der Waals surface area contributed by atoms with E-state index in [0.29, 0.717) is 10.6 Å². The van der Waals surface area contributed by atoms with Crippen molar-refractivity contribution in [3.05, 3.63) is 105 Å². The minimum Gasteiger partial charge on any atom is -0.349 e. The summed E-state index contributed by atoms with van der Waals surface area (Å²) in [6.45, 7) is 0.287. The zero-order valence-electron chi connectivity index (χ0n) is 14.9. The molecule has 4 rings (SSSR count). The van der Waals surface area contributed by atoms with Crippen LogP contribution in [0.1, 0.15) is 33.8 Å². The molecule has 2 atom stereocenters. The standard InChI is InChI=1S/C22H18ClFN2O2/c23-19-7-2-1-4-15(19)12-26-13-16(8-9-21(26)27)22(28)25-20-11-18(20)14-5-3-6-17(24)10-14/h1-10,13,18,20H,11-12H2,(H,25,28)/t18-,20+/m0/s1. The van der Waals surface area contributed by atoms with Crippen molar-refractivity contribution < 1.29 is 9.18 Å². The van der Waals surface area contributed by atoms with E-state index in [1.807, 2.05) is 24.3 Å². The number of halogens is 2. The highest BCUT2D eigenvalue weighted by molar-refractivity contribution is 6.31. The smallest absolute Gasteiger partial charge is 0.253 e. The number of hydrogen-bond donors (Lipinski definition) is 1. The molecule has 0 spiro atoms. The molecule has 3 aromatic rings. The molecule has 1 aromatic heterocycles. The van der Waals surface area contributed by atoms with E-state index in [0.717, 1.165) is 17.5 Å². The summed E-state index contributed by atoms with van der Waals surface area (Å²) in [6, 6.07) is 16.6. The van der Waals surface area contributed by atoms with E-state index in [1.54, 1.807) is 18.3 Å². The van der Waals surface area contributed by atoms with Gasteiger partial charge in [-0.1, -0.05) is 41.9 Å². The van der Waals surface area contributed by atoms with Crippen molar-refractivity contribution in [3.63, 3.8) is 0 Å². The lowest BCUT2D eigenvalue weighted by atomic mass is 10.1. The minimum atomic E-state index is -0.277. The van der Waals surface area contributed by atoms with Crippen molar-refractivity contribution in [2.75, 3.05) is 0 Å². The number of benzene rings is 2. The predicted molar refractivity (Wildman–Crippen MR) is 106 cm³/mol. The van der Waals surface area contributed by atoms with Gasteiger partial charge in [0.25, 0.3) is 11.5 Å². The second kappa shape index (κ2) is 7.60. The van der Waals surface area contributed by atoms with Crippen molar-refractivity contribution in [1.29, 1.82) is 0 Å². The van der Waals surface area contributed by atoms with Crippen molar-refractivity contribution >= 4 is 17.5 Å². The molecule has 1 heterocycles. The van der Waals surface area contributed by atoms with Crippen molar-refractivity contribution in [3.8, 4) is 0 Å². The highest BCUT2D eigenvalue weighted by Crippen LogP contribution is 2.41. The first-order valence-corrected chi connectivity index (χ1v) is 9.39. The Morgan fingerprint density at radius 1 is 1.14 bits per heavy atom. The summed E-state index contributed by atoms with van der Waals surface area (Å²) in [6.07, 6.45) is 2.31. The van der Waals surface area contributed by atoms with Crippen LogP contribution in [-0.4, -0.2) is 16.5 Å². The van der Waals surface area contributed by atoms with E-state index in [2.05, 4.69) is 5.32 Å². The molecule has 0 bridgehead atoms. The van der Waals surface area contributed by atoms with Gasteiger partial charge in [0.2, 0.25) is 0 Å². The molecular weight excluding hydrogens is 379 g/mol. The molecule has 142 valence electrons. The highest BCUT2D eigenvalue weighted by atomic mass is 35.5. The summed E-state index contributed by atoms with van der Waals surface area (Å²) in [4.78, 5) is 24.8. The Bertz CT molecular complexity index is 1100. The first kappa shape index (κ1) is 18.4. The van der Waals surface area contributed by atoms with Gasteiger partial charge in [-0.15, -0.1) is 0 Å². The Labute approximate surface area is 166 Å². The number of nitrogens with one attached hydrogen (secondary N) is 1. The monoisotopic (exact) mass is 396 g/mol. The molecule has 0 aliphatic heterocycles. The normalized spacial score (nSPS) is 17.9. The zero-order valence-corrected chi connectivity index (χ0v) is 15.7. The fourth-order valence-corrected chi connectivity index (χ4v) is 3.51. The maximum absolute atomic E-state index is 13.4. The Balaban J connectivity index is 1.47. The van der Waals surface area contributed by atoms with E-state index in [-0.39, 0.29) is 35.8 Å². The van der Waals surface area contributed by atoms with Gasteiger partial charge in [-0.2, -0.15) is 0 Å². The molecule has 0 radical (unpaired) electrons. The third kappa shape index (κ3) is 3.99. The van der Waals surface area contributed by atoms with Crippen molar-refractivity contribution in [2.45, 2.75) is 24.9 Å². The Morgan fingerprint density at radius 2 is 1.96 bits per heavy atom. The molecule has 2 aromatic carbocycles. The van der Waals surface area contributed by atoms with E-state index >= 15 is 0 Å². The molecule has 1 amide bonds. The van der Waals surface area contributed by atoms with E-state index in [1.165, 1.54) is 28.8 Å². The summed E-state index contributed by atoms with van der Waals surface area (Å²) in [5.74, 6) is -0.411. The maximum atomic E-state index is 13.4. The minimum absolute atomic E-state index is 0.0294. The second-order valence-electron chi connectivity index (χ2n) is 6.95. The second-order valence-corrected chi connectivity index (χ2v) is 7.36. The van der Waals surface area contributed by atoms with Gasteiger partial charge < -0.3 is 9.88 Å². The molecular formula is C22H18ClFN2O2. The average Bonchev–Trinajstić information content (AvgIpc) is 3.44. The third-order valence-corrected chi connectivity index (χ3v) is 5.30. The van der Waals surface area contributed by atoms with Crippen LogP contribution in [0.4, 0.5) is 4.39 Å². The van der Waals surface area contributed by atoms with Gasteiger partial charge in [0, 0.05) is 29.2 Å². The fourth-order valence-electron chi connectivity index (χ4n) is 3.31. The molecule has 1 N–H and O–H groups in total. The first-order valence-electron chi connectivity index (χ1n) is 9.01. The number of carbonyl (C=O) groups excluding carboxylic acids is 1. The van der Waals surface area contributed by atoms with E-state index < -0.39 is 0 Å². The number of pyridine rings is 1. The Morgan fingerprint density at radius 3 is 2.75 bits per heavy atom. The number of amides is 1. The lowest BCUT2D eigenvalue weighted by Crippen LogP contribution is -2.29. The Kier molecular flexibility index (Phi) is 5.01. The van der Waals surface area contributed by atoms with Crippen LogP contribution in [0.15, 0.2) is 71.7 Å². The summed E-state index contributed by atoms with van der Waals surface area (Å²) in [5.41, 5.74) is 1.88. The molecule has 0 unspecified atom stereocenters. The predicted octanol–water partition coefficient (Wildman–Crippen LogP) is 3.98. The lowest BCUT2D eigenvalue weighted by molar-refractivity contribution is 0.0949. The SMILES string of the molecule is O=C(N[C@@H]1C[C@H]1c1cccc(F)c1)c1ccc(=O)n(Cc2ccccc2Cl)c1. The summed E-state index contributed by atoms with van der Waals surface area (Å²) >= 11 is 6.17. The van der Waals surface area contributed by atoms with Gasteiger partial charge >= 0.3 is 0 Å². The van der Waals surface area contributed by atoms with Crippen LogP contribution < -0.4 is 10.9 Å². The summed E-state index contributed by atoms with van der Waals surface area (Å²) < 4.78 is 14.8. The zero-order chi connectivity index (χ0) is 19.7. The van der Waals surface area contributed by atoms with Crippen LogP contribution in [0.2, 0.25) is 5.02 Å². The van der Waals surface area contributed by atoms with Gasteiger partial charge in [-0.3, -0.25) is 9.59 Å². The molecule has 1 aliphatic carbocycles. The number of hydrogen-bond acceptors (Lipinski definition) is 2. The van der Waals surface area contributed by atoms with Gasteiger partial charge in [-0.05, 0) is 41.8 Å². The number of rotatable bonds is 5. The van der Waals surface area contributed by atoms with Crippen LogP contribution in [-0.2, 0) is 6.54 Å². The van der Waals surface area contributed by atoms with Crippen LogP contribution in [0.25, 0.3) is 0 Å². The van der Waals surface area contributed by atoms with Gasteiger partial charge in [0.15, 0.2) is 0 Å². The molecule has 4 nitrogen and oxygen atoms in total. The summed E-state index contributed by atoms with van der Waals surface area (Å²) in [5, 5.41) is 3.53. The van der Waals surface area contributed by atoms with E-state index in [4.69, 9.17) is 11.6 Å². The van der Waals surface area contributed by atoms with Gasteiger partial charge in [0.1, 0.15) is 5.82 Å². The van der Waals surface area contributed by atoms with E-state index in [9.17, 15) is 14.0 Å². The van der Waals surface area contributed by atoms with Crippen LogP contribution in [0.3, 0.4) is 0 Å². The van der Waals surface area contributed by atoms with Crippen LogP contribution in [0.5, 0.6) is 0 Å². The average molecular weight is 397 g/mol. The van der Waals surface area contributed by atoms with Crippen LogP contribution in [0, 0.1) is 5.82 Å². The topological polar surface area (TPSA) is 51.1 Å². The molecule has 1 saturated carbocycles. The molecule has 1 aliphatic rings. The summed E-state index contributed by atoms with van der Waals surface area (Å²) in [7, 11) is 0. The molecule has 1 fully saturated rings. The molecule has 28 heavy (non-hydrogen) atoms. The Hall–Kier alpha value is -2.92. The number of aromatic nitrogens is 1. The van der Waals surface area contributed by atoms with Crippen molar-refractivity contribution in [2.24, 2.45) is 0 Å². The van der Waals surface area contributed by atoms with Crippen molar-refractivity contribution in [1.82, 2.24) is 9.88 Å². The van der Waals surface area contributed by atoms with Gasteiger partial charge in [-0.25, -0.2) is 4.39 Å².